The molecule has 1 heterocycles. The Morgan fingerprint density at radius 3 is 2.47 bits per heavy atom. The molecule has 2 nitrogen and oxygen atoms in total. The molecule has 0 radical (unpaired) electrons. The number of halogens is 1. The lowest BCUT2D eigenvalue weighted by atomic mass is 10.1. The lowest BCUT2D eigenvalue weighted by Crippen LogP contribution is -1.93. The van der Waals surface area contributed by atoms with Gasteiger partial charge in [-0.25, -0.2) is 4.98 Å². The van der Waals surface area contributed by atoms with Crippen LogP contribution in [0.4, 0.5) is 11.5 Å². The van der Waals surface area contributed by atoms with E-state index >= 15 is 0 Å². The van der Waals surface area contributed by atoms with Crippen molar-refractivity contribution in [3.05, 3.63) is 53.2 Å². The van der Waals surface area contributed by atoms with Gasteiger partial charge in [0.25, 0.3) is 0 Å². The van der Waals surface area contributed by atoms with Crippen LogP contribution in [0.1, 0.15) is 18.9 Å². The van der Waals surface area contributed by atoms with Gasteiger partial charge in [-0.2, -0.15) is 0 Å². The fourth-order valence-electron chi connectivity index (χ4n) is 1.64. The fourth-order valence-corrected chi connectivity index (χ4v) is 1.75. The van der Waals surface area contributed by atoms with Gasteiger partial charge >= 0.3 is 0 Å². The molecular weight excluding hydrogens is 232 g/mol. The standard InChI is InChI=1S/C14H15ClN2/c1-2-3-11-4-7-13(8-5-11)17-14-9-6-12(15)10-16-14/h4-10H,2-3H2,1H3,(H,16,17). The zero-order chi connectivity index (χ0) is 12.1. The molecule has 0 aliphatic rings. The molecule has 3 heteroatoms. The lowest BCUT2D eigenvalue weighted by Gasteiger charge is -2.06. The number of hydrogen-bond donors (Lipinski definition) is 1. The molecule has 0 unspecified atom stereocenters. The second-order valence-corrected chi connectivity index (χ2v) is 4.37. The second kappa shape index (κ2) is 5.69. The van der Waals surface area contributed by atoms with E-state index < -0.39 is 0 Å². The number of nitrogens with zero attached hydrogens (tertiary/aromatic N) is 1. The van der Waals surface area contributed by atoms with Crippen LogP contribution in [0.3, 0.4) is 0 Å². The maximum Gasteiger partial charge on any atom is 0.130 e. The van der Waals surface area contributed by atoms with Crippen LogP contribution in [0, 0.1) is 0 Å². The number of aromatic nitrogens is 1. The summed E-state index contributed by atoms with van der Waals surface area (Å²) in [5.41, 5.74) is 2.40. The molecule has 1 aromatic heterocycles. The monoisotopic (exact) mass is 246 g/mol. The molecule has 17 heavy (non-hydrogen) atoms. The van der Waals surface area contributed by atoms with E-state index in [1.807, 2.05) is 12.1 Å². The van der Waals surface area contributed by atoms with Crippen molar-refractivity contribution in [1.29, 1.82) is 0 Å². The zero-order valence-corrected chi connectivity index (χ0v) is 10.5. The average molecular weight is 247 g/mol. The number of pyridine rings is 1. The van der Waals surface area contributed by atoms with E-state index in [-0.39, 0.29) is 0 Å². The van der Waals surface area contributed by atoms with Gasteiger partial charge < -0.3 is 5.32 Å². The van der Waals surface area contributed by atoms with E-state index in [1.54, 1.807) is 6.20 Å². The van der Waals surface area contributed by atoms with Gasteiger partial charge in [0.15, 0.2) is 0 Å². The minimum Gasteiger partial charge on any atom is -0.340 e. The first-order valence-corrected chi connectivity index (χ1v) is 6.13. The van der Waals surface area contributed by atoms with Crippen molar-refractivity contribution in [2.45, 2.75) is 19.8 Å². The van der Waals surface area contributed by atoms with E-state index in [0.717, 1.165) is 17.9 Å². The third-order valence-electron chi connectivity index (χ3n) is 2.49. The SMILES string of the molecule is CCCc1ccc(Nc2ccc(Cl)cn2)cc1. The van der Waals surface area contributed by atoms with Gasteiger partial charge in [-0.15, -0.1) is 0 Å². The van der Waals surface area contributed by atoms with Crippen LogP contribution in [0.15, 0.2) is 42.6 Å². The van der Waals surface area contributed by atoms with Gasteiger partial charge in [0, 0.05) is 11.9 Å². The fraction of sp³-hybridized carbons (Fsp3) is 0.214. The van der Waals surface area contributed by atoms with Gasteiger partial charge in [-0.05, 0) is 36.2 Å². The third kappa shape index (κ3) is 3.46. The number of rotatable bonds is 4. The molecule has 0 saturated carbocycles. The van der Waals surface area contributed by atoms with Crippen LogP contribution in [-0.2, 0) is 6.42 Å². The van der Waals surface area contributed by atoms with E-state index in [2.05, 4.69) is 41.5 Å². The van der Waals surface area contributed by atoms with Gasteiger partial charge in [0.05, 0.1) is 5.02 Å². The summed E-state index contributed by atoms with van der Waals surface area (Å²) in [4.78, 5) is 4.19. The van der Waals surface area contributed by atoms with Crippen LogP contribution in [0.5, 0.6) is 0 Å². The van der Waals surface area contributed by atoms with Crippen LogP contribution in [0.25, 0.3) is 0 Å². The number of benzene rings is 1. The Morgan fingerprint density at radius 1 is 1.12 bits per heavy atom. The summed E-state index contributed by atoms with van der Waals surface area (Å²) in [6.07, 6.45) is 3.93. The van der Waals surface area contributed by atoms with Crippen molar-refractivity contribution in [2.24, 2.45) is 0 Å². The van der Waals surface area contributed by atoms with E-state index in [4.69, 9.17) is 11.6 Å². The van der Waals surface area contributed by atoms with E-state index in [1.165, 1.54) is 12.0 Å². The maximum absolute atomic E-state index is 5.78. The predicted octanol–water partition coefficient (Wildman–Crippen LogP) is 4.43. The summed E-state index contributed by atoms with van der Waals surface area (Å²) < 4.78 is 0. The highest BCUT2D eigenvalue weighted by atomic mass is 35.5. The Hall–Kier alpha value is -1.54. The molecular formula is C14H15ClN2. The van der Waals surface area contributed by atoms with Crippen molar-refractivity contribution in [1.82, 2.24) is 4.98 Å². The summed E-state index contributed by atoms with van der Waals surface area (Å²) in [5.74, 6) is 0.803. The molecule has 1 aromatic carbocycles. The van der Waals surface area contributed by atoms with Crippen molar-refractivity contribution < 1.29 is 0 Å². The predicted molar refractivity (Wildman–Crippen MR) is 73.0 cm³/mol. The Kier molecular flexibility index (Phi) is 3.99. The Morgan fingerprint density at radius 2 is 1.88 bits per heavy atom. The zero-order valence-electron chi connectivity index (χ0n) is 9.78. The number of nitrogens with one attached hydrogen (secondary N) is 1. The molecule has 2 aromatic rings. The Labute approximate surface area is 107 Å². The van der Waals surface area contributed by atoms with Gasteiger partial charge in [-0.1, -0.05) is 37.1 Å². The second-order valence-electron chi connectivity index (χ2n) is 3.93. The largest absolute Gasteiger partial charge is 0.340 e. The van der Waals surface area contributed by atoms with E-state index in [9.17, 15) is 0 Å². The molecule has 0 amide bonds. The van der Waals surface area contributed by atoms with Gasteiger partial charge in [0.1, 0.15) is 5.82 Å². The highest BCUT2D eigenvalue weighted by Crippen LogP contribution is 2.17. The minimum atomic E-state index is 0.647. The quantitative estimate of drug-likeness (QED) is 0.863. The summed E-state index contributed by atoms with van der Waals surface area (Å²) in [6, 6.07) is 12.1. The van der Waals surface area contributed by atoms with Crippen molar-refractivity contribution in [2.75, 3.05) is 5.32 Å². The number of hydrogen-bond acceptors (Lipinski definition) is 2. The maximum atomic E-state index is 5.78. The van der Waals surface area contributed by atoms with Crippen molar-refractivity contribution in [3.63, 3.8) is 0 Å². The number of aryl methyl sites for hydroxylation is 1. The summed E-state index contributed by atoms with van der Waals surface area (Å²) >= 11 is 5.78. The molecule has 0 bridgehead atoms. The molecule has 0 fully saturated rings. The highest BCUT2D eigenvalue weighted by Gasteiger charge is 1.96. The molecule has 0 spiro atoms. The Balaban J connectivity index is 2.05. The first-order valence-electron chi connectivity index (χ1n) is 5.75. The smallest absolute Gasteiger partial charge is 0.130 e. The summed E-state index contributed by atoms with van der Waals surface area (Å²) in [6.45, 7) is 2.18. The van der Waals surface area contributed by atoms with Crippen LogP contribution in [0.2, 0.25) is 5.02 Å². The molecule has 0 aliphatic heterocycles. The molecule has 1 N–H and O–H groups in total. The molecule has 0 atom stereocenters. The van der Waals surface area contributed by atoms with E-state index in [0.29, 0.717) is 5.02 Å². The highest BCUT2D eigenvalue weighted by molar-refractivity contribution is 6.30. The molecule has 0 saturated heterocycles. The summed E-state index contributed by atoms with van der Waals surface area (Å²) in [7, 11) is 0. The first-order chi connectivity index (χ1) is 8.28. The third-order valence-corrected chi connectivity index (χ3v) is 2.72. The summed E-state index contributed by atoms with van der Waals surface area (Å²) in [5, 5.41) is 3.88. The Bertz CT molecular complexity index is 463. The van der Waals surface area contributed by atoms with Crippen molar-refractivity contribution >= 4 is 23.1 Å². The average Bonchev–Trinajstić information content (AvgIpc) is 2.35. The first kappa shape index (κ1) is 11.9. The molecule has 0 aliphatic carbocycles. The normalized spacial score (nSPS) is 10.2. The van der Waals surface area contributed by atoms with Gasteiger partial charge in [-0.3, -0.25) is 0 Å². The topological polar surface area (TPSA) is 24.9 Å². The molecule has 2 rings (SSSR count). The number of anilines is 2. The van der Waals surface area contributed by atoms with Gasteiger partial charge in [0.2, 0.25) is 0 Å². The van der Waals surface area contributed by atoms with Crippen molar-refractivity contribution in [3.8, 4) is 0 Å². The van der Waals surface area contributed by atoms with Crippen LogP contribution < -0.4 is 5.32 Å². The van der Waals surface area contributed by atoms with Crippen LogP contribution in [-0.4, -0.2) is 4.98 Å². The minimum absolute atomic E-state index is 0.647. The lowest BCUT2D eigenvalue weighted by molar-refractivity contribution is 0.922. The molecule has 88 valence electrons. The van der Waals surface area contributed by atoms with Crippen LogP contribution >= 0.6 is 11.6 Å².